The van der Waals surface area contributed by atoms with Gasteiger partial charge in [0.05, 0.1) is 18.4 Å². The first-order valence-electron chi connectivity index (χ1n) is 7.96. The van der Waals surface area contributed by atoms with Gasteiger partial charge in [-0.3, -0.25) is 0 Å². The number of benzene rings is 1. The maximum atomic E-state index is 4.63. The van der Waals surface area contributed by atoms with E-state index in [9.17, 15) is 0 Å². The lowest BCUT2D eigenvalue weighted by atomic mass is 10.3. The normalized spacial score (nSPS) is 14.9. The highest BCUT2D eigenvalue weighted by Gasteiger charge is 2.20. The third-order valence-electron chi connectivity index (χ3n) is 3.68. The van der Waals surface area contributed by atoms with Crippen molar-refractivity contribution in [2.24, 2.45) is 10.9 Å². The molecule has 0 bridgehead atoms. The summed E-state index contributed by atoms with van der Waals surface area (Å²) in [7, 11) is 0. The molecule has 1 fully saturated rings. The number of nitrogens with zero attached hydrogens (tertiary/aromatic N) is 3. The molecular weight excluding hydrogens is 274 g/mol. The summed E-state index contributed by atoms with van der Waals surface area (Å²) in [5.74, 6) is 1.73. The minimum atomic E-state index is 0.632. The lowest BCUT2D eigenvalue weighted by Crippen LogP contribution is -2.38. The molecule has 3 rings (SSSR count). The van der Waals surface area contributed by atoms with Gasteiger partial charge in [0, 0.05) is 24.8 Å². The predicted octanol–water partition coefficient (Wildman–Crippen LogP) is 2.34. The van der Waals surface area contributed by atoms with Crippen LogP contribution in [0.4, 0.5) is 0 Å². The van der Waals surface area contributed by atoms with Gasteiger partial charge < -0.3 is 10.6 Å². The molecule has 116 valence electrons. The molecule has 0 spiro atoms. The standard InChI is InChI=1S/C17H23N5/c1-2-18-17(19-10-14-8-9-14)20-11-15-12-21-22(13-15)16-6-4-3-5-7-16/h3-7,12-14H,2,8-11H2,1H3,(H2,18,19,20). The van der Waals surface area contributed by atoms with Gasteiger partial charge in [-0.2, -0.15) is 5.10 Å². The van der Waals surface area contributed by atoms with Crippen LogP contribution in [0.3, 0.4) is 0 Å². The Hall–Kier alpha value is -2.30. The molecule has 1 saturated carbocycles. The summed E-state index contributed by atoms with van der Waals surface area (Å²) in [6, 6.07) is 10.1. The van der Waals surface area contributed by atoms with Crippen molar-refractivity contribution in [3.8, 4) is 5.69 Å². The van der Waals surface area contributed by atoms with E-state index >= 15 is 0 Å². The second-order valence-corrected chi connectivity index (χ2v) is 5.65. The van der Waals surface area contributed by atoms with E-state index in [1.807, 2.05) is 47.4 Å². The third-order valence-corrected chi connectivity index (χ3v) is 3.68. The van der Waals surface area contributed by atoms with E-state index in [2.05, 4.69) is 27.6 Å². The van der Waals surface area contributed by atoms with Crippen molar-refractivity contribution in [1.82, 2.24) is 20.4 Å². The van der Waals surface area contributed by atoms with Crippen LogP contribution in [0.2, 0.25) is 0 Å². The first-order chi connectivity index (χ1) is 10.8. The Kier molecular flexibility index (Phi) is 4.73. The Morgan fingerprint density at radius 2 is 2.09 bits per heavy atom. The number of nitrogens with one attached hydrogen (secondary N) is 2. The molecule has 0 saturated heterocycles. The quantitative estimate of drug-likeness (QED) is 0.635. The molecule has 1 aromatic carbocycles. The molecule has 22 heavy (non-hydrogen) atoms. The van der Waals surface area contributed by atoms with Crippen LogP contribution >= 0.6 is 0 Å². The molecule has 2 N–H and O–H groups in total. The van der Waals surface area contributed by atoms with Crippen molar-refractivity contribution in [2.75, 3.05) is 13.1 Å². The van der Waals surface area contributed by atoms with Gasteiger partial charge in [0.2, 0.25) is 0 Å². The summed E-state index contributed by atoms with van der Waals surface area (Å²) in [6.45, 7) is 4.61. The Bertz CT molecular complexity index is 613. The number of guanidine groups is 1. The average molecular weight is 297 g/mol. The van der Waals surface area contributed by atoms with E-state index in [1.54, 1.807) is 0 Å². The fraction of sp³-hybridized carbons (Fsp3) is 0.412. The van der Waals surface area contributed by atoms with Crippen LogP contribution in [0.15, 0.2) is 47.7 Å². The molecular formula is C17H23N5. The number of hydrogen-bond acceptors (Lipinski definition) is 2. The number of aromatic nitrogens is 2. The maximum absolute atomic E-state index is 4.63. The molecule has 0 aliphatic heterocycles. The molecule has 0 atom stereocenters. The molecule has 1 aromatic heterocycles. The minimum absolute atomic E-state index is 0.632. The van der Waals surface area contributed by atoms with Crippen LogP contribution < -0.4 is 10.6 Å². The summed E-state index contributed by atoms with van der Waals surface area (Å²) >= 11 is 0. The fourth-order valence-corrected chi connectivity index (χ4v) is 2.24. The zero-order chi connectivity index (χ0) is 15.2. The second-order valence-electron chi connectivity index (χ2n) is 5.65. The first-order valence-corrected chi connectivity index (χ1v) is 7.96. The molecule has 5 nitrogen and oxygen atoms in total. The van der Waals surface area contributed by atoms with Gasteiger partial charge in [-0.05, 0) is 37.8 Å². The fourth-order valence-electron chi connectivity index (χ4n) is 2.24. The summed E-state index contributed by atoms with van der Waals surface area (Å²) in [4.78, 5) is 4.63. The third kappa shape index (κ3) is 4.10. The smallest absolute Gasteiger partial charge is 0.191 e. The number of rotatable bonds is 6. The number of para-hydroxylation sites is 1. The summed E-state index contributed by atoms with van der Waals surface area (Å²) in [6.07, 6.45) is 6.59. The molecule has 1 aliphatic rings. The Morgan fingerprint density at radius 3 is 2.82 bits per heavy atom. The molecule has 0 radical (unpaired) electrons. The Balaban J connectivity index is 1.61. The zero-order valence-electron chi connectivity index (χ0n) is 13.0. The highest BCUT2D eigenvalue weighted by Crippen LogP contribution is 2.27. The lowest BCUT2D eigenvalue weighted by molar-refractivity contribution is 0.739. The average Bonchev–Trinajstić information content (AvgIpc) is 3.27. The van der Waals surface area contributed by atoms with Crippen molar-refractivity contribution in [3.63, 3.8) is 0 Å². The largest absolute Gasteiger partial charge is 0.357 e. The summed E-state index contributed by atoms with van der Waals surface area (Å²) in [5.41, 5.74) is 2.17. The van der Waals surface area contributed by atoms with E-state index in [0.717, 1.165) is 36.2 Å². The van der Waals surface area contributed by atoms with Crippen molar-refractivity contribution in [2.45, 2.75) is 26.3 Å². The van der Waals surface area contributed by atoms with Crippen molar-refractivity contribution in [3.05, 3.63) is 48.3 Å². The topological polar surface area (TPSA) is 54.2 Å². The lowest BCUT2D eigenvalue weighted by Gasteiger charge is -2.10. The van der Waals surface area contributed by atoms with Crippen LogP contribution in [0.1, 0.15) is 25.3 Å². The van der Waals surface area contributed by atoms with Crippen LogP contribution in [0.5, 0.6) is 0 Å². The molecule has 1 aliphatic carbocycles. The number of hydrogen-bond donors (Lipinski definition) is 2. The van der Waals surface area contributed by atoms with Crippen molar-refractivity contribution < 1.29 is 0 Å². The summed E-state index contributed by atoms with van der Waals surface area (Å²) in [5, 5.41) is 11.1. The Labute approximate surface area is 131 Å². The molecule has 5 heteroatoms. The Morgan fingerprint density at radius 1 is 1.27 bits per heavy atom. The van der Waals surface area contributed by atoms with Gasteiger partial charge in [-0.15, -0.1) is 0 Å². The van der Waals surface area contributed by atoms with E-state index in [1.165, 1.54) is 12.8 Å². The van der Waals surface area contributed by atoms with Crippen LogP contribution in [0.25, 0.3) is 5.69 Å². The van der Waals surface area contributed by atoms with Crippen LogP contribution in [-0.4, -0.2) is 28.8 Å². The van der Waals surface area contributed by atoms with Crippen LogP contribution in [-0.2, 0) is 6.54 Å². The molecule has 0 unspecified atom stereocenters. The molecule has 0 amide bonds. The monoisotopic (exact) mass is 297 g/mol. The highest BCUT2D eigenvalue weighted by molar-refractivity contribution is 5.79. The van der Waals surface area contributed by atoms with E-state index in [0.29, 0.717) is 6.54 Å². The maximum Gasteiger partial charge on any atom is 0.191 e. The predicted molar refractivity (Wildman–Crippen MR) is 89.1 cm³/mol. The van der Waals surface area contributed by atoms with Gasteiger partial charge in [-0.25, -0.2) is 9.67 Å². The van der Waals surface area contributed by atoms with Crippen LogP contribution in [0, 0.1) is 5.92 Å². The van der Waals surface area contributed by atoms with Crippen molar-refractivity contribution in [1.29, 1.82) is 0 Å². The SMILES string of the molecule is CCNC(=NCc1cnn(-c2ccccc2)c1)NCC1CC1. The minimum Gasteiger partial charge on any atom is -0.357 e. The van der Waals surface area contributed by atoms with Crippen molar-refractivity contribution >= 4 is 5.96 Å². The highest BCUT2D eigenvalue weighted by atomic mass is 15.3. The summed E-state index contributed by atoms with van der Waals surface area (Å²) < 4.78 is 1.88. The second kappa shape index (κ2) is 7.11. The molecule has 1 heterocycles. The van der Waals surface area contributed by atoms with Gasteiger partial charge in [0.15, 0.2) is 5.96 Å². The van der Waals surface area contributed by atoms with Gasteiger partial charge in [0.1, 0.15) is 0 Å². The van der Waals surface area contributed by atoms with Gasteiger partial charge in [0.25, 0.3) is 0 Å². The molecule has 2 aromatic rings. The van der Waals surface area contributed by atoms with Gasteiger partial charge in [-0.1, -0.05) is 18.2 Å². The van der Waals surface area contributed by atoms with E-state index in [4.69, 9.17) is 0 Å². The van der Waals surface area contributed by atoms with Gasteiger partial charge >= 0.3 is 0 Å². The van der Waals surface area contributed by atoms with E-state index in [-0.39, 0.29) is 0 Å². The zero-order valence-corrected chi connectivity index (χ0v) is 13.0. The first kappa shape index (κ1) is 14.6. The number of aliphatic imine (C=N–C) groups is 1. The van der Waals surface area contributed by atoms with E-state index < -0.39 is 0 Å².